The average Bonchev–Trinajstić information content (AvgIpc) is 3.52. The van der Waals surface area contributed by atoms with Crippen LogP contribution in [0.3, 0.4) is 0 Å². The van der Waals surface area contributed by atoms with Crippen LogP contribution < -0.4 is 0 Å². The molecule has 0 bridgehead atoms. The van der Waals surface area contributed by atoms with Crippen LogP contribution in [-0.2, 0) is 14.3 Å². The summed E-state index contributed by atoms with van der Waals surface area (Å²) in [6.07, 6.45) is 13.4. The molecule has 0 spiro atoms. The van der Waals surface area contributed by atoms with E-state index in [-0.39, 0.29) is 33.7 Å². The minimum atomic E-state index is -0.128. The molecule has 196 valence electrons. The number of esters is 1. The van der Waals surface area contributed by atoms with Crippen molar-refractivity contribution in [1.82, 2.24) is 0 Å². The molecule has 10 atom stereocenters. The first-order valence-corrected chi connectivity index (χ1v) is 14.6. The Bertz CT molecular complexity index is 977. The molecular weight excluding hydrogens is 432 g/mol. The van der Waals surface area contributed by atoms with Crippen molar-refractivity contribution in [3.8, 4) is 0 Å². The molecule has 0 unspecified atom stereocenters. The maximum Gasteiger partial charge on any atom is 0.302 e. The Labute approximate surface area is 214 Å². The van der Waals surface area contributed by atoms with Crippen molar-refractivity contribution in [3.05, 3.63) is 11.6 Å². The monoisotopic (exact) mass is 482 g/mol. The maximum atomic E-state index is 11.9. The Kier molecular flexibility index (Phi) is 4.88. The van der Waals surface area contributed by atoms with Gasteiger partial charge in [-0.3, -0.25) is 4.79 Å². The van der Waals surface area contributed by atoms with Crippen LogP contribution in [0.4, 0.5) is 0 Å². The molecule has 0 aromatic carbocycles. The van der Waals surface area contributed by atoms with Crippen LogP contribution in [0.5, 0.6) is 0 Å². The zero-order valence-electron chi connectivity index (χ0n) is 23.9. The van der Waals surface area contributed by atoms with E-state index in [0.29, 0.717) is 40.8 Å². The highest BCUT2D eigenvalue weighted by Gasteiger charge is 2.77. The number of epoxide rings is 1. The van der Waals surface area contributed by atoms with E-state index in [9.17, 15) is 4.79 Å². The third-order valence-electron chi connectivity index (χ3n) is 13.2. The topological polar surface area (TPSA) is 38.8 Å². The lowest BCUT2D eigenvalue weighted by molar-refractivity contribution is -0.195. The summed E-state index contributed by atoms with van der Waals surface area (Å²) in [5.74, 6) is 1.71. The van der Waals surface area contributed by atoms with E-state index in [1.807, 2.05) is 0 Å². The lowest BCUT2D eigenvalue weighted by Crippen LogP contribution is -2.65. The number of rotatable bonds is 1. The van der Waals surface area contributed by atoms with Crippen LogP contribution in [0.1, 0.15) is 114 Å². The minimum Gasteiger partial charge on any atom is -0.462 e. The van der Waals surface area contributed by atoms with Crippen molar-refractivity contribution in [3.63, 3.8) is 0 Å². The van der Waals surface area contributed by atoms with Crippen molar-refractivity contribution < 1.29 is 14.3 Å². The van der Waals surface area contributed by atoms with Crippen molar-refractivity contribution >= 4 is 5.97 Å². The second kappa shape index (κ2) is 6.97. The molecule has 0 radical (unpaired) electrons. The molecule has 3 heteroatoms. The molecule has 35 heavy (non-hydrogen) atoms. The van der Waals surface area contributed by atoms with Crippen molar-refractivity contribution in [2.75, 3.05) is 0 Å². The molecule has 0 aromatic heterocycles. The average molecular weight is 483 g/mol. The van der Waals surface area contributed by atoms with Gasteiger partial charge in [0.05, 0.1) is 12.2 Å². The molecule has 5 aliphatic carbocycles. The summed E-state index contributed by atoms with van der Waals surface area (Å²) < 4.78 is 12.8. The first-order chi connectivity index (χ1) is 16.1. The number of hydrogen-bond acceptors (Lipinski definition) is 3. The quantitative estimate of drug-likeness (QED) is 0.218. The van der Waals surface area contributed by atoms with Gasteiger partial charge in [-0.15, -0.1) is 0 Å². The summed E-state index contributed by atoms with van der Waals surface area (Å²) in [4.78, 5) is 11.9. The van der Waals surface area contributed by atoms with Crippen LogP contribution in [0.25, 0.3) is 0 Å². The third kappa shape index (κ3) is 3.03. The number of carbonyl (C=O) groups excluding carboxylic acids is 1. The summed E-state index contributed by atoms with van der Waals surface area (Å²) in [6, 6.07) is 0. The first kappa shape index (κ1) is 24.5. The Hall–Kier alpha value is -0.830. The number of hydrogen-bond donors (Lipinski definition) is 0. The predicted octanol–water partition coefficient (Wildman–Crippen LogP) is 7.73. The van der Waals surface area contributed by atoms with E-state index in [4.69, 9.17) is 9.47 Å². The predicted molar refractivity (Wildman–Crippen MR) is 140 cm³/mol. The molecule has 6 aliphatic rings. The third-order valence-corrected chi connectivity index (χ3v) is 13.2. The van der Waals surface area contributed by atoms with Gasteiger partial charge in [0, 0.05) is 23.7 Å². The van der Waals surface area contributed by atoms with Gasteiger partial charge in [0.2, 0.25) is 0 Å². The molecule has 3 nitrogen and oxygen atoms in total. The summed E-state index contributed by atoms with van der Waals surface area (Å²) in [5.41, 5.74) is 3.23. The molecule has 1 aliphatic heterocycles. The highest BCUT2D eigenvalue weighted by molar-refractivity contribution is 5.66. The second-order valence-electron chi connectivity index (χ2n) is 16.2. The van der Waals surface area contributed by atoms with Gasteiger partial charge in [-0.05, 0) is 84.9 Å². The van der Waals surface area contributed by atoms with E-state index >= 15 is 0 Å². The molecular formula is C32H50O3. The molecule has 4 saturated carbocycles. The van der Waals surface area contributed by atoms with Gasteiger partial charge >= 0.3 is 5.97 Å². The molecule has 0 N–H and O–H groups in total. The van der Waals surface area contributed by atoms with E-state index in [1.165, 1.54) is 38.5 Å². The van der Waals surface area contributed by atoms with Crippen LogP contribution in [0.2, 0.25) is 0 Å². The lowest BCUT2D eigenvalue weighted by Gasteiger charge is -2.69. The first-order valence-electron chi connectivity index (χ1n) is 14.6. The zero-order valence-corrected chi connectivity index (χ0v) is 23.9. The van der Waals surface area contributed by atoms with Crippen molar-refractivity contribution in [2.24, 2.45) is 50.2 Å². The molecule has 5 fully saturated rings. The van der Waals surface area contributed by atoms with Crippen LogP contribution in [0.15, 0.2) is 11.6 Å². The fourth-order valence-corrected chi connectivity index (χ4v) is 11.6. The van der Waals surface area contributed by atoms with Crippen LogP contribution in [0, 0.1) is 50.2 Å². The fraction of sp³-hybridized carbons (Fsp3) is 0.906. The van der Waals surface area contributed by atoms with Gasteiger partial charge in [0.25, 0.3) is 0 Å². The van der Waals surface area contributed by atoms with Gasteiger partial charge in [0.1, 0.15) is 6.10 Å². The van der Waals surface area contributed by atoms with Gasteiger partial charge in [-0.1, -0.05) is 67.0 Å². The fourth-order valence-electron chi connectivity index (χ4n) is 11.6. The smallest absolute Gasteiger partial charge is 0.302 e. The largest absolute Gasteiger partial charge is 0.462 e. The molecule has 1 heterocycles. The van der Waals surface area contributed by atoms with E-state index in [2.05, 4.69) is 61.5 Å². The van der Waals surface area contributed by atoms with Gasteiger partial charge in [-0.25, -0.2) is 0 Å². The lowest BCUT2D eigenvalue weighted by atomic mass is 9.34. The Morgan fingerprint density at radius 3 is 2.34 bits per heavy atom. The minimum absolute atomic E-state index is 0.00194. The normalized spacial score (nSPS) is 55.2. The standard InChI is InChI=1S/C32H50O3/c1-19(33)34-23-12-15-30(7)20(28(23,4)5)11-14-31(8)21-10-13-29(6)17-16-27(2,3)18-22(29)32(21,9)26-24(35-26)25(30)31/h10,20,22-26H,11-18H2,1-9H3/t20-,22+,23-,24+,25+,26+,29-,30-,31-,32-/m0/s1. The van der Waals surface area contributed by atoms with E-state index < -0.39 is 0 Å². The highest BCUT2D eigenvalue weighted by atomic mass is 16.6. The van der Waals surface area contributed by atoms with E-state index in [1.54, 1.807) is 12.5 Å². The zero-order chi connectivity index (χ0) is 25.4. The maximum absolute atomic E-state index is 11.9. The molecule has 0 aromatic rings. The second-order valence-corrected chi connectivity index (χ2v) is 16.2. The number of ether oxygens (including phenoxy) is 2. The molecule has 1 saturated heterocycles. The van der Waals surface area contributed by atoms with Crippen molar-refractivity contribution in [1.29, 1.82) is 0 Å². The summed E-state index contributed by atoms with van der Waals surface area (Å²) in [7, 11) is 0. The van der Waals surface area contributed by atoms with Crippen LogP contribution >= 0.6 is 0 Å². The van der Waals surface area contributed by atoms with Gasteiger partial charge in [-0.2, -0.15) is 0 Å². The number of fused-ring (bicyclic) bond motifs is 10. The highest BCUT2D eigenvalue weighted by Crippen LogP contribution is 2.78. The Balaban J connectivity index is 1.41. The van der Waals surface area contributed by atoms with Crippen LogP contribution in [-0.4, -0.2) is 24.3 Å². The van der Waals surface area contributed by atoms with Gasteiger partial charge < -0.3 is 9.47 Å². The number of carbonyl (C=O) groups is 1. The molecule has 0 amide bonds. The summed E-state index contributed by atoms with van der Waals surface area (Å²) in [6.45, 7) is 21.7. The van der Waals surface area contributed by atoms with Gasteiger partial charge in [0.15, 0.2) is 0 Å². The number of allylic oxidation sites excluding steroid dienone is 1. The van der Waals surface area contributed by atoms with E-state index in [0.717, 1.165) is 12.8 Å². The SMILES string of the molecule is CC(=O)O[C@H]1CC[C@]2(C)[C@H]3[C@H]4O[C@H]4[C@@]4(C)C(=CC[C@@]5(C)CCC(C)(C)C[C@H]54)[C@]3(C)CC[C@H]2C1(C)C. The summed E-state index contributed by atoms with van der Waals surface area (Å²) >= 11 is 0. The van der Waals surface area contributed by atoms with Crippen molar-refractivity contribution in [2.45, 2.75) is 132 Å². The Morgan fingerprint density at radius 1 is 0.943 bits per heavy atom. The molecule has 6 rings (SSSR count). The summed E-state index contributed by atoms with van der Waals surface area (Å²) in [5, 5.41) is 0. The Morgan fingerprint density at radius 2 is 1.66 bits per heavy atom.